The summed E-state index contributed by atoms with van der Waals surface area (Å²) in [4.78, 5) is 42.0. The molecular weight excluding hydrogens is 492 g/mol. The van der Waals surface area contributed by atoms with Crippen molar-refractivity contribution in [3.8, 4) is 0 Å². The standard InChI is InChI=1S/C23H32N4O8S/c1-7-12-34-27(36(32,33)20-11-9-8-10-17(20)26(30)31)19-14-25(22(29)35-23(4,5)6)18(21(24)28)13-16(19)15(2)3/h7-11,13,15,18-19H,1,12,14H2,2-6H3,(H2,24,28)/t18-,19-/m0/s1. The molecule has 12 nitrogen and oxygen atoms in total. The number of hydrogen-bond donors (Lipinski definition) is 1. The van der Waals surface area contributed by atoms with Crippen LogP contribution in [0.2, 0.25) is 0 Å². The highest BCUT2D eigenvalue weighted by molar-refractivity contribution is 7.89. The number of nitro benzene ring substituents is 1. The molecule has 0 aliphatic carbocycles. The predicted molar refractivity (Wildman–Crippen MR) is 131 cm³/mol. The molecule has 0 unspecified atom stereocenters. The average molecular weight is 525 g/mol. The lowest BCUT2D eigenvalue weighted by Crippen LogP contribution is -2.59. The van der Waals surface area contributed by atoms with E-state index in [4.69, 9.17) is 15.3 Å². The molecule has 2 N–H and O–H groups in total. The minimum absolute atomic E-state index is 0.257. The molecule has 1 aromatic rings. The number of hydroxylamine groups is 1. The molecule has 2 rings (SSSR count). The molecule has 1 aliphatic rings. The van der Waals surface area contributed by atoms with Crippen LogP contribution in [0.5, 0.6) is 0 Å². The first-order valence-corrected chi connectivity index (χ1v) is 12.6. The number of carbonyl (C=O) groups is 2. The van der Waals surface area contributed by atoms with Gasteiger partial charge in [-0.05, 0) is 38.3 Å². The van der Waals surface area contributed by atoms with E-state index in [2.05, 4.69) is 6.58 Å². The number of nitrogens with two attached hydrogens (primary N) is 1. The highest BCUT2D eigenvalue weighted by Gasteiger charge is 2.45. The number of amides is 2. The monoisotopic (exact) mass is 524 g/mol. The molecule has 198 valence electrons. The quantitative estimate of drug-likeness (QED) is 0.293. The van der Waals surface area contributed by atoms with E-state index in [0.717, 1.165) is 17.0 Å². The third-order valence-corrected chi connectivity index (χ3v) is 6.91. The van der Waals surface area contributed by atoms with E-state index in [-0.39, 0.29) is 19.1 Å². The van der Waals surface area contributed by atoms with Gasteiger partial charge in [-0.25, -0.2) is 13.2 Å². The Hall–Kier alpha value is -3.29. The molecule has 0 saturated carbocycles. The van der Waals surface area contributed by atoms with Crippen LogP contribution in [0.15, 0.2) is 53.5 Å². The van der Waals surface area contributed by atoms with E-state index in [1.165, 1.54) is 24.3 Å². The number of benzene rings is 1. The number of primary amides is 1. The van der Waals surface area contributed by atoms with E-state index in [1.807, 2.05) is 0 Å². The smallest absolute Gasteiger partial charge is 0.411 e. The zero-order valence-electron chi connectivity index (χ0n) is 20.9. The first kappa shape index (κ1) is 28.9. The minimum atomic E-state index is -4.65. The Kier molecular flexibility index (Phi) is 8.99. The third kappa shape index (κ3) is 6.47. The van der Waals surface area contributed by atoms with Gasteiger partial charge in [0.15, 0.2) is 4.90 Å². The Morgan fingerprint density at radius 3 is 2.44 bits per heavy atom. The fourth-order valence-electron chi connectivity index (χ4n) is 3.67. The van der Waals surface area contributed by atoms with Gasteiger partial charge in [-0.2, -0.15) is 0 Å². The van der Waals surface area contributed by atoms with Gasteiger partial charge in [-0.15, -0.1) is 6.58 Å². The SMILES string of the molecule is C=CCON([C@H]1CN(C(=O)OC(C)(C)C)[C@H](C(N)=O)C=C1C(C)C)S(=O)(=O)c1ccccc1[N+](=O)[O-]. The molecule has 2 amide bonds. The summed E-state index contributed by atoms with van der Waals surface area (Å²) in [7, 11) is -4.65. The predicted octanol–water partition coefficient (Wildman–Crippen LogP) is 2.76. The van der Waals surface area contributed by atoms with Crippen LogP contribution in [0.1, 0.15) is 34.6 Å². The van der Waals surface area contributed by atoms with Crippen molar-refractivity contribution in [2.45, 2.75) is 57.2 Å². The van der Waals surface area contributed by atoms with Crippen LogP contribution in [0.25, 0.3) is 0 Å². The van der Waals surface area contributed by atoms with Crippen molar-refractivity contribution in [3.05, 3.63) is 58.7 Å². The van der Waals surface area contributed by atoms with Gasteiger partial charge in [0.25, 0.3) is 15.7 Å². The Bertz CT molecular complexity index is 1160. The molecule has 0 saturated heterocycles. The largest absolute Gasteiger partial charge is 0.444 e. The topological polar surface area (TPSA) is 162 Å². The summed E-state index contributed by atoms with van der Waals surface area (Å²) in [5.41, 5.74) is 4.45. The van der Waals surface area contributed by atoms with Gasteiger partial charge in [-0.3, -0.25) is 24.6 Å². The van der Waals surface area contributed by atoms with Gasteiger partial charge in [0.1, 0.15) is 11.6 Å². The molecular formula is C23H32N4O8S. The highest BCUT2D eigenvalue weighted by Crippen LogP contribution is 2.34. The summed E-state index contributed by atoms with van der Waals surface area (Å²) in [6.45, 7) is 11.4. The number of hydrogen-bond acceptors (Lipinski definition) is 8. The minimum Gasteiger partial charge on any atom is -0.444 e. The van der Waals surface area contributed by atoms with E-state index >= 15 is 0 Å². The molecule has 0 spiro atoms. The number of ether oxygens (including phenoxy) is 1. The number of nitrogens with zero attached hydrogens (tertiary/aromatic N) is 3. The molecule has 0 bridgehead atoms. The fraction of sp³-hybridized carbons (Fsp3) is 0.478. The van der Waals surface area contributed by atoms with Crippen LogP contribution < -0.4 is 5.73 Å². The van der Waals surface area contributed by atoms with E-state index in [9.17, 15) is 28.1 Å². The van der Waals surface area contributed by atoms with Crippen LogP contribution in [0.4, 0.5) is 10.5 Å². The van der Waals surface area contributed by atoms with E-state index in [0.29, 0.717) is 10.0 Å². The van der Waals surface area contributed by atoms with Gasteiger partial charge < -0.3 is 10.5 Å². The Morgan fingerprint density at radius 2 is 1.94 bits per heavy atom. The number of nitro groups is 1. The second-order valence-electron chi connectivity index (χ2n) is 9.39. The lowest BCUT2D eigenvalue weighted by atomic mass is 9.89. The van der Waals surface area contributed by atoms with Crippen molar-refractivity contribution in [1.29, 1.82) is 0 Å². The molecule has 13 heteroatoms. The Balaban J connectivity index is 2.72. The Morgan fingerprint density at radius 1 is 1.33 bits per heavy atom. The number of carbonyl (C=O) groups excluding carboxylic acids is 2. The van der Waals surface area contributed by atoms with Crippen molar-refractivity contribution >= 4 is 27.7 Å². The number of para-hydroxylation sites is 1. The zero-order chi connectivity index (χ0) is 27.4. The second kappa shape index (κ2) is 11.2. The van der Waals surface area contributed by atoms with Crippen molar-refractivity contribution in [1.82, 2.24) is 9.37 Å². The molecule has 0 aromatic heterocycles. The van der Waals surface area contributed by atoms with Crippen molar-refractivity contribution in [2.24, 2.45) is 11.7 Å². The van der Waals surface area contributed by atoms with E-state index in [1.54, 1.807) is 34.6 Å². The molecule has 2 atom stereocenters. The van der Waals surface area contributed by atoms with Gasteiger partial charge in [-0.1, -0.05) is 42.6 Å². The van der Waals surface area contributed by atoms with Crippen LogP contribution in [-0.2, 0) is 24.4 Å². The van der Waals surface area contributed by atoms with Gasteiger partial charge in [0.05, 0.1) is 17.6 Å². The number of sulfonamides is 1. The molecule has 1 aliphatic heterocycles. The summed E-state index contributed by atoms with van der Waals surface area (Å²) < 4.78 is 33.6. The lowest BCUT2D eigenvalue weighted by Gasteiger charge is -2.42. The fourth-order valence-corrected chi connectivity index (χ4v) is 5.25. The van der Waals surface area contributed by atoms with Gasteiger partial charge >= 0.3 is 6.09 Å². The second-order valence-corrected chi connectivity index (χ2v) is 11.1. The molecule has 1 aromatic carbocycles. The van der Waals surface area contributed by atoms with Crippen molar-refractivity contribution < 1.29 is 32.5 Å². The van der Waals surface area contributed by atoms with Gasteiger partial charge in [0, 0.05) is 12.6 Å². The molecule has 36 heavy (non-hydrogen) atoms. The molecule has 1 heterocycles. The van der Waals surface area contributed by atoms with Crippen molar-refractivity contribution in [3.63, 3.8) is 0 Å². The summed E-state index contributed by atoms with van der Waals surface area (Å²) in [5.74, 6) is -1.15. The maximum atomic E-state index is 13.8. The third-order valence-electron chi connectivity index (χ3n) is 5.18. The van der Waals surface area contributed by atoms with Crippen LogP contribution in [-0.4, -0.2) is 65.5 Å². The van der Waals surface area contributed by atoms with Crippen LogP contribution >= 0.6 is 0 Å². The molecule has 0 radical (unpaired) electrons. The lowest BCUT2D eigenvalue weighted by molar-refractivity contribution is -0.388. The maximum absolute atomic E-state index is 13.8. The average Bonchev–Trinajstić information content (AvgIpc) is 2.77. The summed E-state index contributed by atoms with van der Waals surface area (Å²) in [5, 5.41) is 11.6. The van der Waals surface area contributed by atoms with Crippen molar-refractivity contribution in [2.75, 3.05) is 13.2 Å². The summed E-state index contributed by atoms with van der Waals surface area (Å²) in [6.07, 6.45) is 1.83. The maximum Gasteiger partial charge on any atom is 0.411 e. The molecule has 0 fully saturated rings. The Labute approximate surface area is 210 Å². The van der Waals surface area contributed by atoms with E-state index < -0.39 is 55.2 Å². The highest BCUT2D eigenvalue weighted by atomic mass is 32.2. The first-order chi connectivity index (χ1) is 16.6. The van der Waals surface area contributed by atoms with Gasteiger partial charge in [0.2, 0.25) is 5.91 Å². The summed E-state index contributed by atoms with van der Waals surface area (Å²) in [6, 6.07) is 2.49. The first-order valence-electron chi connectivity index (χ1n) is 11.1. The normalized spacial score (nSPS) is 18.6. The summed E-state index contributed by atoms with van der Waals surface area (Å²) >= 11 is 0. The van der Waals surface area contributed by atoms with Crippen LogP contribution in [0, 0.1) is 16.0 Å². The zero-order valence-corrected chi connectivity index (χ0v) is 21.7. The number of rotatable bonds is 9. The van der Waals surface area contributed by atoms with Crippen LogP contribution in [0.3, 0.4) is 0 Å².